The Bertz CT molecular complexity index is 205. The topological polar surface area (TPSA) is 29.3 Å². The van der Waals surface area contributed by atoms with Crippen LogP contribution in [0.5, 0.6) is 0 Å². The standard InChI is InChI=1S/C14H28N2/c1-2-16(11-13-7-6-8-13)14(12-15)9-4-3-5-10-14/h13H,2-12,15H2,1H3. The van der Waals surface area contributed by atoms with Crippen molar-refractivity contribution >= 4 is 0 Å². The van der Waals surface area contributed by atoms with Crippen LogP contribution in [0.25, 0.3) is 0 Å². The van der Waals surface area contributed by atoms with Crippen LogP contribution in [-0.2, 0) is 0 Å². The molecule has 2 fully saturated rings. The molecular weight excluding hydrogens is 196 g/mol. The molecule has 0 amide bonds. The van der Waals surface area contributed by atoms with Gasteiger partial charge in [-0.05, 0) is 38.1 Å². The normalized spacial score (nSPS) is 25.7. The predicted octanol–water partition coefficient (Wildman–Crippen LogP) is 2.77. The fourth-order valence-corrected chi connectivity index (χ4v) is 3.50. The second-order valence-electron chi connectivity index (χ2n) is 5.82. The lowest BCUT2D eigenvalue weighted by Crippen LogP contribution is -2.56. The molecule has 0 aromatic rings. The van der Waals surface area contributed by atoms with Crippen LogP contribution in [0.3, 0.4) is 0 Å². The van der Waals surface area contributed by atoms with E-state index >= 15 is 0 Å². The molecule has 2 N–H and O–H groups in total. The van der Waals surface area contributed by atoms with E-state index in [1.807, 2.05) is 0 Å². The monoisotopic (exact) mass is 224 g/mol. The van der Waals surface area contributed by atoms with E-state index in [0.717, 1.165) is 12.5 Å². The third-order valence-corrected chi connectivity index (χ3v) is 4.92. The fraction of sp³-hybridized carbons (Fsp3) is 1.00. The number of likely N-dealkylation sites (N-methyl/N-ethyl adjacent to an activating group) is 1. The molecular formula is C14H28N2. The van der Waals surface area contributed by atoms with E-state index in [-0.39, 0.29) is 0 Å². The molecule has 2 aliphatic rings. The van der Waals surface area contributed by atoms with E-state index in [0.29, 0.717) is 5.54 Å². The summed E-state index contributed by atoms with van der Waals surface area (Å²) in [7, 11) is 0. The Labute approximate surface area is 101 Å². The molecule has 0 spiro atoms. The van der Waals surface area contributed by atoms with E-state index in [4.69, 9.17) is 5.73 Å². The summed E-state index contributed by atoms with van der Waals surface area (Å²) in [5.41, 5.74) is 6.47. The van der Waals surface area contributed by atoms with Crippen molar-refractivity contribution in [3.8, 4) is 0 Å². The van der Waals surface area contributed by atoms with Gasteiger partial charge in [0.05, 0.1) is 0 Å². The van der Waals surface area contributed by atoms with Crippen molar-refractivity contribution in [2.45, 2.75) is 63.8 Å². The maximum absolute atomic E-state index is 6.11. The van der Waals surface area contributed by atoms with Crippen LogP contribution in [0.2, 0.25) is 0 Å². The first-order valence-corrected chi connectivity index (χ1v) is 7.26. The summed E-state index contributed by atoms with van der Waals surface area (Å²) in [6.45, 7) is 5.68. The molecule has 0 unspecified atom stereocenters. The van der Waals surface area contributed by atoms with Crippen LogP contribution in [0, 0.1) is 5.92 Å². The first-order chi connectivity index (χ1) is 7.80. The predicted molar refractivity (Wildman–Crippen MR) is 69.5 cm³/mol. The van der Waals surface area contributed by atoms with Crippen molar-refractivity contribution < 1.29 is 0 Å². The smallest absolute Gasteiger partial charge is 0.0331 e. The number of nitrogens with zero attached hydrogens (tertiary/aromatic N) is 1. The maximum atomic E-state index is 6.11. The van der Waals surface area contributed by atoms with Crippen LogP contribution in [0.1, 0.15) is 58.3 Å². The van der Waals surface area contributed by atoms with E-state index in [1.54, 1.807) is 0 Å². The average Bonchev–Trinajstić information content (AvgIpc) is 2.29. The minimum Gasteiger partial charge on any atom is -0.329 e. The van der Waals surface area contributed by atoms with Gasteiger partial charge in [-0.2, -0.15) is 0 Å². The molecule has 0 aromatic heterocycles. The second kappa shape index (κ2) is 5.50. The summed E-state index contributed by atoms with van der Waals surface area (Å²) in [4.78, 5) is 2.72. The Morgan fingerprint density at radius 2 is 1.81 bits per heavy atom. The largest absolute Gasteiger partial charge is 0.329 e. The zero-order valence-electron chi connectivity index (χ0n) is 10.9. The van der Waals surface area contributed by atoms with E-state index in [9.17, 15) is 0 Å². The van der Waals surface area contributed by atoms with E-state index < -0.39 is 0 Å². The highest BCUT2D eigenvalue weighted by molar-refractivity contribution is 4.95. The summed E-state index contributed by atoms with van der Waals surface area (Å²) in [6.07, 6.45) is 11.2. The molecule has 2 saturated carbocycles. The molecule has 0 radical (unpaired) electrons. The van der Waals surface area contributed by atoms with Crippen molar-refractivity contribution in [2.24, 2.45) is 11.7 Å². The van der Waals surface area contributed by atoms with Gasteiger partial charge in [0.1, 0.15) is 0 Å². The second-order valence-corrected chi connectivity index (χ2v) is 5.82. The molecule has 0 saturated heterocycles. The van der Waals surface area contributed by atoms with Crippen molar-refractivity contribution in [3.63, 3.8) is 0 Å². The van der Waals surface area contributed by atoms with E-state index in [1.165, 1.54) is 64.5 Å². The molecule has 0 aliphatic heterocycles. The molecule has 0 bridgehead atoms. The molecule has 94 valence electrons. The van der Waals surface area contributed by atoms with Gasteiger partial charge < -0.3 is 5.73 Å². The molecule has 2 rings (SSSR count). The number of hydrogen-bond donors (Lipinski definition) is 1. The average molecular weight is 224 g/mol. The van der Waals surface area contributed by atoms with Gasteiger partial charge in [-0.25, -0.2) is 0 Å². The summed E-state index contributed by atoms with van der Waals surface area (Å²) in [5, 5.41) is 0. The van der Waals surface area contributed by atoms with Crippen LogP contribution < -0.4 is 5.73 Å². The third-order valence-electron chi connectivity index (χ3n) is 4.92. The lowest BCUT2D eigenvalue weighted by atomic mass is 9.78. The van der Waals surface area contributed by atoms with Crippen molar-refractivity contribution in [1.29, 1.82) is 0 Å². The first kappa shape index (κ1) is 12.4. The zero-order chi connectivity index (χ0) is 11.4. The van der Waals surface area contributed by atoms with Crippen LogP contribution in [-0.4, -0.2) is 30.1 Å². The van der Waals surface area contributed by atoms with Crippen molar-refractivity contribution in [1.82, 2.24) is 4.90 Å². The van der Waals surface area contributed by atoms with Gasteiger partial charge in [0.25, 0.3) is 0 Å². The van der Waals surface area contributed by atoms with Gasteiger partial charge in [0, 0.05) is 18.6 Å². The SMILES string of the molecule is CCN(CC1CCC1)C1(CN)CCCCC1. The number of nitrogens with two attached hydrogens (primary N) is 1. The van der Waals surface area contributed by atoms with E-state index in [2.05, 4.69) is 11.8 Å². The van der Waals surface area contributed by atoms with Gasteiger partial charge in [0.15, 0.2) is 0 Å². The van der Waals surface area contributed by atoms with Crippen molar-refractivity contribution in [2.75, 3.05) is 19.6 Å². The van der Waals surface area contributed by atoms with Gasteiger partial charge in [-0.15, -0.1) is 0 Å². The fourth-order valence-electron chi connectivity index (χ4n) is 3.50. The van der Waals surface area contributed by atoms with Crippen LogP contribution in [0.4, 0.5) is 0 Å². The minimum atomic E-state index is 0.364. The quantitative estimate of drug-likeness (QED) is 0.778. The zero-order valence-corrected chi connectivity index (χ0v) is 10.9. The lowest BCUT2D eigenvalue weighted by Gasteiger charge is -2.48. The van der Waals surface area contributed by atoms with Crippen molar-refractivity contribution in [3.05, 3.63) is 0 Å². The van der Waals surface area contributed by atoms with Gasteiger partial charge >= 0.3 is 0 Å². The summed E-state index contributed by atoms with van der Waals surface area (Å²) in [5.74, 6) is 0.977. The highest BCUT2D eigenvalue weighted by Gasteiger charge is 2.37. The van der Waals surface area contributed by atoms with Gasteiger partial charge in [-0.3, -0.25) is 4.90 Å². The van der Waals surface area contributed by atoms with Crippen LogP contribution >= 0.6 is 0 Å². The molecule has 2 aliphatic carbocycles. The summed E-state index contributed by atoms with van der Waals surface area (Å²) < 4.78 is 0. The van der Waals surface area contributed by atoms with Gasteiger partial charge in [0.2, 0.25) is 0 Å². The number of rotatable bonds is 5. The minimum absolute atomic E-state index is 0.364. The highest BCUT2D eigenvalue weighted by atomic mass is 15.2. The Morgan fingerprint density at radius 3 is 2.25 bits per heavy atom. The molecule has 2 nitrogen and oxygen atoms in total. The Kier molecular flexibility index (Phi) is 4.26. The Morgan fingerprint density at radius 1 is 1.12 bits per heavy atom. The Hall–Kier alpha value is -0.0800. The maximum Gasteiger partial charge on any atom is 0.0331 e. The molecule has 0 aromatic carbocycles. The van der Waals surface area contributed by atoms with Gasteiger partial charge in [-0.1, -0.05) is 32.6 Å². The first-order valence-electron chi connectivity index (χ1n) is 7.26. The Balaban J connectivity index is 1.97. The molecule has 0 heterocycles. The molecule has 2 heteroatoms. The molecule has 0 atom stereocenters. The van der Waals surface area contributed by atoms with Crippen LogP contribution in [0.15, 0.2) is 0 Å². The summed E-state index contributed by atoms with van der Waals surface area (Å²) >= 11 is 0. The summed E-state index contributed by atoms with van der Waals surface area (Å²) in [6, 6.07) is 0. The highest BCUT2D eigenvalue weighted by Crippen LogP contribution is 2.36. The number of hydrogen-bond acceptors (Lipinski definition) is 2. The lowest BCUT2D eigenvalue weighted by molar-refractivity contribution is 0.0346. The molecule has 16 heavy (non-hydrogen) atoms. The third kappa shape index (κ3) is 2.43.